The number of nitro groups is 1. The first-order valence-corrected chi connectivity index (χ1v) is 11.5. The van der Waals surface area contributed by atoms with Gasteiger partial charge in [0.25, 0.3) is 5.69 Å². The number of nitrogens with zero attached hydrogens (tertiary/aromatic N) is 3. The van der Waals surface area contributed by atoms with Crippen molar-refractivity contribution in [3.8, 4) is 28.7 Å². The van der Waals surface area contributed by atoms with Crippen molar-refractivity contribution >= 4 is 11.8 Å². The second kappa shape index (κ2) is 10.2. The molecule has 3 aromatic carbocycles. The van der Waals surface area contributed by atoms with Crippen molar-refractivity contribution in [3.63, 3.8) is 0 Å². The highest BCUT2D eigenvalue weighted by Crippen LogP contribution is 2.44. The fourth-order valence-corrected chi connectivity index (χ4v) is 4.37. The van der Waals surface area contributed by atoms with Gasteiger partial charge < -0.3 is 10.1 Å². The molecule has 1 heterocycles. The second-order valence-electron chi connectivity index (χ2n) is 8.22. The van der Waals surface area contributed by atoms with Crippen molar-refractivity contribution in [2.24, 2.45) is 0 Å². The Morgan fingerprint density at radius 3 is 2.42 bits per heavy atom. The summed E-state index contributed by atoms with van der Waals surface area (Å²) in [5.41, 5.74) is 5.65. The molecule has 0 saturated heterocycles. The van der Waals surface area contributed by atoms with Crippen molar-refractivity contribution in [2.75, 3.05) is 13.2 Å². The number of amides is 1. The van der Waals surface area contributed by atoms with Crippen LogP contribution in [-0.4, -0.2) is 33.9 Å². The monoisotopic (exact) mass is 478 g/mol. The number of rotatable bonds is 6. The number of nitro benzene ring substituents is 1. The van der Waals surface area contributed by atoms with Crippen LogP contribution in [0.5, 0.6) is 0 Å². The third-order valence-electron chi connectivity index (χ3n) is 6.00. The molecule has 8 heteroatoms. The minimum absolute atomic E-state index is 0.0138. The second-order valence-corrected chi connectivity index (χ2v) is 8.22. The summed E-state index contributed by atoms with van der Waals surface area (Å²) in [5, 5.41) is 18.1. The summed E-state index contributed by atoms with van der Waals surface area (Å²) in [6.45, 7) is 0.596. The molecule has 4 aromatic rings. The number of alkyl carbamates (subject to hydrolysis) is 1. The van der Waals surface area contributed by atoms with E-state index in [9.17, 15) is 14.9 Å². The Morgan fingerprint density at radius 2 is 1.69 bits per heavy atom. The molecule has 1 N–H and O–H groups in total. The van der Waals surface area contributed by atoms with Crippen LogP contribution in [0.2, 0.25) is 0 Å². The molecular formula is C28H22N4O4. The highest BCUT2D eigenvalue weighted by Gasteiger charge is 2.28. The van der Waals surface area contributed by atoms with Crippen LogP contribution in [0, 0.1) is 22.0 Å². The topological polar surface area (TPSA) is 99.3 Å². The van der Waals surface area contributed by atoms with E-state index in [4.69, 9.17) is 4.74 Å². The SMILES string of the molecule is O=C(NCCC#Cc1cnn(-c2ccccc2[N+](=O)[O-])c1)OCC1c2ccccc2-c2ccccc21. The molecule has 0 spiro atoms. The molecule has 0 atom stereocenters. The summed E-state index contributed by atoms with van der Waals surface area (Å²) in [7, 11) is 0. The molecule has 1 aliphatic rings. The summed E-state index contributed by atoms with van der Waals surface area (Å²) in [6, 6.07) is 22.8. The Bertz CT molecular complexity index is 1450. The van der Waals surface area contributed by atoms with Crippen molar-refractivity contribution in [2.45, 2.75) is 12.3 Å². The predicted octanol–water partition coefficient (Wildman–Crippen LogP) is 5.06. The average molecular weight is 479 g/mol. The average Bonchev–Trinajstić information content (AvgIpc) is 3.50. The summed E-state index contributed by atoms with van der Waals surface area (Å²) >= 11 is 0. The molecule has 0 radical (unpaired) electrons. The summed E-state index contributed by atoms with van der Waals surface area (Å²) in [6.07, 6.45) is 3.11. The van der Waals surface area contributed by atoms with Crippen molar-refractivity contribution in [1.82, 2.24) is 15.1 Å². The fraction of sp³-hybridized carbons (Fsp3) is 0.143. The van der Waals surface area contributed by atoms with Gasteiger partial charge in [0.2, 0.25) is 0 Å². The van der Waals surface area contributed by atoms with Crippen molar-refractivity contribution in [1.29, 1.82) is 0 Å². The number of hydrogen-bond donors (Lipinski definition) is 1. The molecule has 1 aromatic heterocycles. The predicted molar refractivity (Wildman–Crippen MR) is 135 cm³/mol. The fourth-order valence-electron chi connectivity index (χ4n) is 4.37. The van der Waals surface area contributed by atoms with Crippen LogP contribution in [0.1, 0.15) is 29.0 Å². The first-order valence-electron chi connectivity index (χ1n) is 11.5. The Kier molecular flexibility index (Phi) is 6.45. The number of hydrogen-bond acceptors (Lipinski definition) is 5. The molecular weight excluding hydrogens is 456 g/mol. The molecule has 1 amide bonds. The number of carbonyl (C=O) groups excluding carboxylic acids is 1. The Balaban J connectivity index is 1.12. The van der Waals surface area contributed by atoms with Gasteiger partial charge >= 0.3 is 6.09 Å². The Labute approximate surface area is 207 Å². The van der Waals surface area contributed by atoms with Gasteiger partial charge in [0.05, 0.1) is 16.7 Å². The zero-order valence-electron chi connectivity index (χ0n) is 19.3. The maximum atomic E-state index is 12.3. The lowest BCUT2D eigenvalue weighted by Gasteiger charge is -2.14. The first kappa shape index (κ1) is 22.9. The van der Waals surface area contributed by atoms with Crippen LogP contribution in [0.15, 0.2) is 85.2 Å². The van der Waals surface area contributed by atoms with Gasteiger partial charge in [-0.1, -0.05) is 72.5 Å². The van der Waals surface area contributed by atoms with E-state index < -0.39 is 11.0 Å². The third kappa shape index (κ3) is 4.68. The zero-order valence-corrected chi connectivity index (χ0v) is 19.3. The number of aromatic nitrogens is 2. The first-order chi connectivity index (χ1) is 17.6. The minimum Gasteiger partial charge on any atom is -0.449 e. The number of nitrogens with one attached hydrogen (secondary N) is 1. The van der Waals surface area contributed by atoms with E-state index in [0.29, 0.717) is 24.2 Å². The maximum Gasteiger partial charge on any atom is 0.407 e. The van der Waals surface area contributed by atoms with E-state index in [0.717, 1.165) is 0 Å². The van der Waals surface area contributed by atoms with Gasteiger partial charge in [0.1, 0.15) is 12.3 Å². The third-order valence-corrected chi connectivity index (χ3v) is 6.00. The van der Waals surface area contributed by atoms with Crippen LogP contribution in [-0.2, 0) is 4.74 Å². The highest BCUT2D eigenvalue weighted by molar-refractivity contribution is 5.79. The summed E-state index contributed by atoms with van der Waals surface area (Å²) < 4.78 is 6.95. The van der Waals surface area contributed by atoms with E-state index in [1.165, 1.54) is 33.0 Å². The van der Waals surface area contributed by atoms with Crippen molar-refractivity contribution in [3.05, 3.63) is 112 Å². The van der Waals surface area contributed by atoms with Crippen LogP contribution in [0.3, 0.4) is 0 Å². The van der Waals surface area contributed by atoms with Crippen LogP contribution in [0.4, 0.5) is 10.5 Å². The molecule has 0 fully saturated rings. The molecule has 0 saturated carbocycles. The normalized spacial score (nSPS) is 11.7. The molecule has 1 aliphatic carbocycles. The molecule has 0 unspecified atom stereocenters. The van der Waals surface area contributed by atoms with Crippen LogP contribution < -0.4 is 5.32 Å². The van der Waals surface area contributed by atoms with Gasteiger partial charge in [0, 0.05) is 31.1 Å². The maximum absolute atomic E-state index is 12.3. The molecule has 36 heavy (non-hydrogen) atoms. The van der Waals surface area contributed by atoms with E-state index in [1.54, 1.807) is 30.6 Å². The lowest BCUT2D eigenvalue weighted by molar-refractivity contribution is -0.384. The van der Waals surface area contributed by atoms with Crippen molar-refractivity contribution < 1.29 is 14.5 Å². The molecule has 5 rings (SSSR count). The summed E-state index contributed by atoms with van der Waals surface area (Å²) in [5.74, 6) is 5.95. The molecule has 8 nitrogen and oxygen atoms in total. The quantitative estimate of drug-likeness (QED) is 0.181. The standard InChI is InChI=1S/C28H22N4O4/c33-28(36-19-25-23-12-3-1-10-21(23)22-11-2-4-13-24(22)25)29-16-8-7-9-20-17-30-31(18-20)26-14-5-6-15-27(26)32(34)35/h1-6,10-15,17-18,25H,8,16,19H2,(H,29,33). The molecule has 178 valence electrons. The Hall–Kier alpha value is -4.90. The Morgan fingerprint density at radius 1 is 1.03 bits per heavy atom. The van der Waals surface area contributed by atoms with E-state index in [1.807, 2.05) is 24.3 Å². The molecule has 0 aliphatic heterocycles. The number of fused-ring (bicyclic) bond motifs is 3. The lowest BCUT2D eigenvalue weighted by atomic mass is 9.98. The smallest absolute Gasteiger partial charge is 0.407 e. The van der Waals surface area contributed by atoms with Gasteiger partial charge in [-0.15, -0.1) is 0 Å². The number of ether oxygens (including phenoxy) is 1. The summed E-state index contributed by atoms with van der Waals surface area (Å²) in [4.78, 5) is 23.0. The van der Waals surface area contributed by atoms with Gasteiger partial charge in [-0.25, -0.2) is 9.48 Å². The molecule has 0 bridgehead atoms. The van der Waals surface area contributed by atoms with E-state index in [2.05, 4.69) is 46.5 Å². The van der Waals surface area contributed by atoms with Crippen LogP contribution in [0.25, 0.3) is 16.8 Å². The number of para-hydroxylation sites is 2. The largest absolute Gasteiger partial charge is 0.449 e. The highest BCUT2D eigenvalue weighted by atomic mass is 16.6. The van der Waals surface area contributed by atoms with E-state index in [-0.39, 0.29) is 18.2 Å². The van der Waals surface area contributed by atoms with Gasteiger partial charge in [-0.3, -0.25) is 10.1 Å². The van der Waals surface area contributed by atoms with Crippen LogP contribution >= 0.6 is 0 Å². The minimum atomic E-state index is -0.483. The van der Waals surface area contributed by atoms with E-state index >= 15 is 0 Å². The number of benzene rings is 3. The van der Waals surface area contributed by atoms with Gasteiger partial charge in [-0.05, 0) is 28.3 Å². The van der Waals surface area contributed by atoms with Gasteiger partial charge in [0.15, 0.2) is 0 Å². The zero-order chi connectivity index (χ0) is 24.9. The van der Waals surface area contributed by atoms with Gasteiger partial charge in [-0.2, -0.15) is 5.10 Å². The lowest BCUT2D eigenvalue weighted by Crippen LogP contribution is -2.26. The number of carbonyl (C=O) groups is 1.